The van der Waals surface area contributed by atoms with Gasteiger partial charge in [0.05, 0.1) is 12.2 Å². The molecule has 0 bridgehead atoms. The van der Waals surface area contributed by atoms with Gasteiger partial charge in [0.1, 0.15) is 11.6 Å². The van der Waals surface area contributed by atoms with Crippen molar-refractivity contribution in [3.8, 4) is 5.69 Å². The van der Waals surface area contributed by atoms with E-state index in [1.54, 1.807) is 4.57 Å². The van der Waals surface area contributed by atoms with Crippen molar-refractivity contribution < 1.29 is 17.2 Å². The molecule has 1 N–H and O–H groups in total. The summed E-state index contributed by atoms with van der Waals surface area (Å²) in [5.41, 5.74) is 1.73. The second-order valence-electron chi connectivity index (χ2n) is 5.60. The number of aryl methyl sites for hydroxylation is 1. The zero-order chi connectivity index (χ0) is 19.6. The van der Waals surface area contributed by atoms with Gasteiger partial charge in [0, 0.05) is 0 Å². The van der Waals surface area contributed by atoms with E-state index in [-0.39, 0.29) is 6.54 Å². The lowest BCUT2D eigenvalue weighted by Gasteiger charge is -2.13. The molecule has 3 aromatic rings. The molecule has 0 atom stereocenters. The SMILES string of the molecule is CSc1nnc(CNS(=O)(=O)c2c(F)cccc2F)n1-c1ccccc1C. The fourth-order valence-corrected chi connectivity index (χ4v) is 4.20. The van der Waals surface area contributed by atoms with Crippen molar-refractivity contribution in [2.24, 2.45) is 0 Å². The Bertz CT molecular complexity index is 1060. The Labute approximate surface area is 159 Å². The first-order chi connectivity index (χ1) is 12.8. The highest BCUT2D eigenvalue weighted by Gasteiger charge is 2.25. The summed E-state index contributed by atoms with van der Waals surface area (Å²) in [6, 6.07) is 10.4. The average molecular weight is 410 g/mol. The number of rotatable bonds is 6. The lowest BCUT2D eigenvalue weighted by molar-refractivity contribution is 0.513. The second kappa shape index (κ2) is 7.75. The molecular weight excluding hydrogens is 394 g/mol. The summed E-state index contributed by atoms with van der Waals surface area (Å²) in [5, 5.41) is 8.64. The predicted molar refractivity (Wildman–Crippen MR) is 98.3 cm³/mol. The van der Waals surface area contributed by atoms with E-state index in [2.05, 4.69) is 14.9 Å². The van der Waals surface area contributed by atoms with E-state index < -0.39 is 26.6 Å². The molecule has 0 aliphatic heterocycles. The molecule has 0 saturated heterocycles. The van der Waals surface area contributed by atoms with Gasteiger partial charge in [-0.3, -0.25) is 4.57 Å². The van der Waals surface area contributed by atoms with Crippen LogP contribution in [0.3, 0.4) is 0 Å². The quantitative estimate of drug-likeness (QED) is 0.632. The van der Waals surface area contributed by atoms with Gasteiger partial charge in [0.15, 0.2) is 15.9 Å². The van der Waals surface area contributed by atoms with E-state index >= 15 is 0 Å². The molecule has 1 heterocycles. The van der Waals surface area contributed by atoms with Crippen LogP contribution in [0.2, 0.25) is 0 Å². The molecule has 0 saturated carbocycles. The maximum atomic E-state index is 13.8. The van der Waals surface area contributed by atoms with Crippen molar-refractivity contribution >= 4 is 21.8 Å². The van der Waals surface area contributed by atoms with Gasteiger partial charge < -0.3 is 0 Å². The van der Waals surface area contributed by atoms with Gasteiger partial charge in [-0.05, 0) is 36.9 Å². The Morgan fingerprint density at radius 1 is 1.07 bits per heavy atom. The molecular formula is C17H16F2N4O2S2. The normalized spacial score (nSPS) is 11.7. The Kier molecular flexibility index (Phi) is 5.59. The van der Waals surface area contributed by atoms with E-state index in [9.17, 15) is 17.2 Å². The molecule has 0 unspecified atom stereocenters. The Morgan fingerprint density at radius 2 is 1.74 bits per heavy atom. The third-order valence-electron chi connectivity index (χ3n) is 3.85. The number of nitrogens with zero attached hydrogens (tertiary/aromatic N) is 3. The van der Waals surface area contributed by atoms with Gasteiger partial charge in [-0.25, -0.2) is 21.9 Å². The summed E-state index contributed by atoms with van der Waals surface area (Å²) < 4.78 is 56.3. The fraction of sp³-hybridized carbons (Fsp3) is 0.176. The van der Waals surface area contributed by atoms with Crippen molar-refractivity contribution in [3.63, 3.8) is 0 Å². The second-order valence-corrected chi connectivity index (χ2v) is 8.08. The molecule has 0 aliphatic carbocycles. The smallest absolute Gasteiger partial charge is 0.246 e. The van der Waals surface area contributed by atoms with Gasteiger partial charge in [0.2, 0.25) is 10.0 Å². The van der Waals surface area contributed by atoms with Gasteiger partial charge in [0.25, 0.3) is 0 Å². The van der Waals surface area contributed by atoms with Crippen LogP contribution >= 0.6 is 11.8 Å². The van der Waals surface area contributed by atoms with Crippen molar-refractivity contribution in [1.29, 1.82) is 0 Å². The van der Waals surface area contributed by atoms with Crippen LogP contribution in [0.5, 0.6) is 0 Å². The van der Waals surface area contributed by atoms with E-state index in [1.807, 2.05) is 37.4 Å². The number of hydrogen-bond donors (Lipinski definition) is 1. The summed E-state index contributed by atoms with van der Waals surface area (Å²) in [4.78, 5) is -1.02. The van der Waals surface area contributed by atoms with Crippen LogP contribution in [0, 0.1) is 18.6 Å². The molecule has 10 heteroatoms. The molecule has 0 aliphatic rings. The number of benzene rings is 2. The number of halogens is 2. The minimum absolute atomic E-state index is 0.280. The first-order valence-corrected chi connectivity index (χ1v) is 10.5. The van der Waals surface area contributed by atoms with Crippen LogP contribution in [0.1, 0.15) is 11.4 Å². The van der Waals surface area contributed by atoms with Crippen molar-refractivity contribution in [3.05, 3.63) is 65.5 Å². The van der Waals surface area contributed by atoms with Crippen molar-refractivity contribution in [2.75, 3.05) is 6.26 Å². The van der Waals surface area contributed by atoms with Crippen LogP contribution in [0.15, 0.2) is 52.5 Å². The van der Waals surface area contributed by atoms with Gasteiger partial charge in [-0.15, -0.1) is 10.2 Å². The first kappa shape index (κ1) is 19.5. The molecule has 0 amide bonds. The number of aromatic nitrogens is 3. The van der Waals surface area contributed by atoms with Crippen molar-refractivity contribution in [1.82, 2.24) is 19.5 Å². The summed E-state index contributed by atoms with van der Waals surface area (Å²) in [5.74, 6) is -2.02. The fourth-order valence-electron chi connectivity index (χ4n) is 2.57. The van der Waals surface area contributed by atoms with E-state index in [0.717, 1.165) is 29.4 Å². The number of hydrogen-bond acceptors (Lipinski definition) is 5. The lowest BCUT2D eigenvalue weighted by Crippen LogP contribution is -2.26. The molecule has 0 fully saturated rings. The van der Waals surface area contributed by atoms with Gasteiger partial charge in [-0.2, -0.15) is 0 Å². The summed E-state index contributed by atoms with van der Waals surface area (Å²) >= 11 is 1.35. The minimum atomic E-state index is -4.41. The molecule has 27 heavy (non-hydrogen) atoms. The largest absolute Gasteiger partial charge is 0.273 e. The van der Waals surface area contributed by atoms with E-state index in [0.29, 0.717) is 11.0 Å². The highest BCUT2D eigenvalue weighted by Crippen LogP contribution is 2.23. The molecule has 6 nitrogen and oxygen atoms in total. The zero-order valence-electron chi connectivity index (χ0n) is 14.5. The minimum Gasteiger partial charge on any atom is -0.273 e. The molecule has 2 aromatic carbocycles. The molecule has 1 aromatic heterocycles. The standard InChI is InChI=1S/C17H16F2N4O2S2/c1-11-6-3-4-9-14(11)23-15(21-22-17(23)26-2)10-20-27(24,25)16-12(18)7-5-8-13(16)19/h3-9,20H,10H2,1-2H3. The third-order valence-corrected chi connectivity index (χ3v) is 5.93. The summed E-state index contributed by atoms with van der Waals surface area (Å²) in [6.07, 6.45) is 1.82. The third kappa shape index (κ3) is 3.87. The summed E-state index contributed by atoms with van der Waals surface area (Å²) in [7, 11) is -4.41. The number of nitrogens with one attached hydrogen (secondary N) is 1. The number of para-hydroxylation sites is 1. The monoisotopic (exact) mass is 410 g/mol. The van der Waals surface area contributed by atoms with Gasteiger partial charge in [-0.1, -0.05) is 36.0 Å². The molecule has 0 spiro atoms. The molecule has 142 valence electrons. The van der Waals surface area contributed by atoms with E-state index in [4.69, 9.17) is 0 Å². The van der Waals surface area contributed by atoms with Gasteiger partial charge >= 0.3 is 0 Å². The van der Waals surface area contributed by atoms with Crippen LogP contribution in [0.25, 0.3) is 5.69 Å². The maximum absolute atomic E-state index is 13.8. The van der Waals surface area contributed by atoms with E-state index in [1.165, 1.54) is 11.8 Å². The maximum Gasteiger partial charge on any atom is 0.246 e. The molecule has 0 radical (unpaired) electrons. The first-order valence-electron chi connectivity index (χ1n) is 7.83. The highest BCUT2D eigenvalue weighted by atomic mass is 32.2. The number of thioether (sulfide) groups is 1. The lowest BCUT2D eigenvalue weighted by atomic mass is 10.2. The van der Waals surface area contributed by atoms with Crippen LogP contribution in [-0.2, 0) is 16.6 Å². The Balaban J connectivity index is 1.96. The highest BCUT2D eigenvalue weighted by molar-refractivity contribution is 7.98. The van der Waals surface area contributed by atoms with Crippen LogP contribution < -0.4 is 4.72 Å². The predicted octanol–water partition coefficient (Wildman–Crippen LogP) is 3.05. The summed E-state index contributed by atoms with van der Waals surface area (Å²) in [6.45, 7) is 1.63. The average Bonchev–Trinajstić information content (AvgIpc) is 3.03. The Hall–Kier alpha value is -2.30. The zero-order valence-corrected chi connectivity index (χ0v) is 16.1. The molecule has 3 rings (SSSR count). The number of sulfonamides is 1. The van der Waals surface area contributed by atoms with Crippen molar-refractivity contribution in [2.45, 2.75) is 23.5 Å². The van der Waals surface area contributed by atoms with Crippen LogP contribution in [-0.4, -0.2) is 29.4 Å². The Morgan fingerprint density at radius 3 is 2.37 bits per heavy atom. The van der Waals surface area contributed by atoms with Crippen LogP contribution in [0.4, 0.5) is 8.78 Å². The topological polar surface area (TPSA) is 76.9 Å².